The molecule has 0 radical (unpaired) electrons. The summed E-state index contributed by atoms with van der Waals surface area (Å²) in [6.45, 7) is 3.38. The van der Waals surface area contributed by atoms with Gasteiger partial charge in [-0.1, -0.05) is 0 Å². The number of nitrogens with one attached hydrogen (secondary N) is 3. The first-order chi connectivity index (χ1) is 14.9. The number of pyridine rings is 3. The van der Waals surface area contributed by atoms with Gasteiger partial charge in [0.25, 0.3) is 5.56 Å². The molecule has 0 aliphatic heterocycles. The number of hydrogen-bond acceptors (Lipinski definition) is 6. The van der Waals surface area contributed by atoms with Crippen LogP contribution in [0.4, 0.5) is 11.5 Å². The molecule has 5 rings (SSSR count). The van der Waals surface area contributed by atoms with Crippen LogP contribution in [0.2, 0.25) is 0 Å². The summed E-state index contributed by atoms with van der Waals surface area (Å²) in [4.78, 5) is 24.4. The highest BCUT2D eigenvalue weighted by Gasteiger charge is 2.18. The minimum atomic E-state index is -1.03. The highest BCUT2D eigenvalue weighted by molar-refractivity contribution is 5.95. The Morgan fingerprint density at radius 3 is 2.68 bits per heavy atom. The second kappa shape index (κ2) is 7.03. The van der Waals surface area contributed by atoms with Crippen molar-refractivity contribution in [2.45, 2.75) is 19.4 Å². The number of nitrogens with zero attached hydrogens (tertiary/aromatic N) is 3. The SMILES string of the molecule is CC(C)(O)c1ccc(-c2cc3cc[nH]c(=O)c3c(Nc3ccc4[nH]ncc4c3)n2)cn1. The lowest BCUT2D eigenvalue weighted by molar-refractivity contribution is 0.0739. The van der Waals surface area contributed by atoms with Crippen molar-refractivity contribution in [1.82, 2.24) is 25.1 Å². The minimum Gasteiger partial charge on any atom is -0.384 e. The molecule has 8 nitrogen and oxygen atoms in total. The molecule has 0 fully saturated rings. The number of H-pyrrole nitrogens is 2. The topological polar surface area (TPSA) is 120 Å². The Kier molecular flexibility index (Phi) is 4.30. The molecule has 4 heterocycles. The summed E-state index contributed by atoms with van der Waals surface area (Å²) < 4.78 is 0. The molecular weight excluding hydrogens is 392 g/mol. The van der Waals surface area contributed by atoms with E-state index in [1.54, 1.807) is 38.5 Å². The Bertz CT molecular complexity index is 1460. The van der Waals surface area contributed by atoms with Gasteiger partial charge in [0.05, 0.1) is 28.5 Å². The van der Waals surface area contributed by atoms with E-state index in [1.807, 2.05) is 36.4 Å². The summed E-state index contributed by atoms with van der Waals surface area (Å²) in [6.07, 6.45) is 5.03. The molecule has 0 atom stereocenters. The van der Waals surface area contributed by atoms with Gasteiger partial charge in [-0.25, -0.2) is 4.98 Å². The molecular formula is C23H20N6O2. The maximum Gasteiger partial charge on any atom is 0.259 e. The normalized spacial score (nSPS) is 11.8. The Morgan fingerprint density at radius 1 is 1.03 bits per heavy atom. The van der Waals surface area contributed by atoms with Crippen molar-refractivity contribution in [3.63, 3.8) is 0 Å². The quantitative estimate of drug-likeness (QED) is 0.356. The van der Waals surface area contributed by atoms with E-state index >= 15 is 0 Å². The summed E-state index contributed by atoms with van der Waals surface area (Å²) in [5, 5.41) is 22.6. The van der Waals surface area contributed by atoms with Gasteiger partial charge in [-0.3, -0.25) is 14.9 Å². The van der Waals surface area contributed by atoms with Crippen molar-refractivity contribution in [2.75, 3.05) is 5.32 Å². The summed E-state index contributed by atoms with van der Waals surface area (Å²) in [6, 6.07) is 13.1. The maximum atomic E-state index is 12.6. The highest BCUT2D eigenvalue weighted by atomic mass is 16.3. The van der Waals surface area contributed by atoms with Gasteiger partial charge >= 0.3 is 0 Å². The first-order valence-corrected chi connectivity index (χ1v) is 9.80. The van der Waals surface area contributed by atoms with E-state index < -0.39 is 5.60 Å². The fourth-order valence-corrected chi connectivity index (χ4v) is 3.52. The predicted octanol–water partition coefficient (Wildman–Crippen LogP) is 3.83. The van der Waals surface area contributed by atoms with Crippen LogP contribution in [-0.4, -0.2) is 30.3 Å². The molecule has 5 aromatic rings. The zero-order chi connectivity index (χ0) is 21.6. The van der Waals surface area contributed by atoms with Crippen molar-refractivity contribution < 1.29 is 5.11 Å². The van der Waals surface area contributed by atoms with Gasteiger partial charge in [0.1, 0.15) is 11.4 Å². The number of benzene rings is 1. The van der Waals surface area contributed by atoms with E-state index in [1.165, 1.54) is 0 Å². The van der Waals surface area contributed by atoms with Crippen LogP contribution >= 0.6 is 0 Å². The third-order valence-electron chi connectivity index (χ3n) is 5.14. The molecule has 4 N–H and O–H groups in total. The minimum absolute atomic E-state index is 0.223. The number of aliphatic hydroxyl groups is 1. The van der Waals surface area contributed by atoms with Gasteiger partial charge in [0, 0.05) is 29.0 Å². The van der Waals surface area contributed by atoms with Crippen molar-refractivity contribution in [1.29, 1.82) is 0 Å². The van der Waals surface area contributed by atoms with Gasteiger partial charge in [0.2, 0.25) is 0 Å². The summed E-state index contributed by atoms with van der Waals surface area (Å²) in [5.41, 5.74) is 2.48. The molecule has 31 heavy (non-hydrogen) atoms. The number of fused-ring (bicyclic) bond motifs is 2. The van der Waals surface area contributed by atoms with Crippen LogP contribution in [0, 0.1) is 0 Å². The molecule has 0 bridgehead atoms. The zero-order valence-electron chi connectivity index (χ0n) is 17.0. The van der Waals surface area contributed by atoms with E-state index in [4.69, 9.17) is 4.98 Å². The lowest BCUT2D eigenvalue weighted by Gasteiger charge is -2.16. The number of aromatic amines is 2. The summed E-state index contributed by atoms with van der Waals surface area (Å²) in [5.74, 6) is 0.448. The molecule has 0 spiro atoms. The lowest BCUT2D eigenvalue weighted by Crippen LogP contribution is -2.17. The molecule has 4 aromatic heterocycles. The molecule has 0 saturated carbocycles. The number of hydrogen-bond donors (Lipinski definition) is 4. The standard InChI is InChI=1S/C23H20N6O2/c1-23(2,31)19-6-3-14(11-25-19)18-10-13-7-8-24-22(30)20(13)21(28-18)27-16-4-5-17-15(9-16)12-26-29-17/h3-12,31H,1-2H3,(H,24,30)(H,26,29)(H,27,28). The van der Waals surface area contributed by atoms with Crippen molar-refractivity contribution in [3.05, 3.63) is 77.1 Å². The summed E-state index contributed by atoms with van der Waals surface area (Å²) >= 11 is 0. The first-order valence-electron chi connectivity index (χ1n) is 9.80. The van der Waals surface area contributed by atoms with Crippen LogP contribution in [0.1, 0.15) is 19.5 Å². The number of anilines is 2. The van der Waals surface area contributed by atoms with Crippen LogP contribution < -0.4 is 10.9 Å². The average Bonchev–Trinajstić information content (AvgIpc) is 3.21. The Hall–Kier alpha value is -4.04. The molecule has 0 amide bonds. The lowest BCUT2D eigenvalue weighted by atomic mass is 10.0. The fourth-order valence-electron chi connectivity index (χ4n) is 3.52. The molecule has 0 saturated heterocycles. The maximum absolute atomic E-state index is 12.6. The van der Waals surface area contributed by atoms with E-state index in [0.29, 0.717) is 22.6 Å². The summed E-state index contributed by atoms with van der Waals surface area (Å²) in [7, 11) is 0. The third kappa shape index (κ3) is 3.53. The van der Waals surface area contributed by atoms with Crippen molar-refractivity contribution >= 4 is 33.2 Å². The average molecular weight is 412 g/mol. The zero-order valence-corrected chi connectivity index (χ0v) is 17.0. The monoisotopic (exact) mass is 412 g/mol. The Balaban J connectivity index is 1.63. The van der Waals surface area contributed by atoms with Crippen LogP contribution in [-0.2, 0) is 5.60 Å². The Morgan fingerprint density at radius 2 is 1.90 bits per heavy atom. The van der Waals surface area contributed by atoms with Gasteiger partial charge in [-0.15, -0.1) is 0 Å². The largest absolute Gasteiger partial charge is 0.384 e. The fraction of sp³-hybridized carbons (Fsp3) is 0.130. The molecule has 8 heteroatoms. The predicted molar refractivity (Wildman–Crippen MR) is 120 cm³/mol. The smallest absolute Gasteiger partial charge is 0.259 e. The molecule has 0 aliphatic rings. The molecule has 0 unspecified atom stereocenters. The number of aromatic nitrogens is 5. The third-order valence-corrected chi connectivity index (χ3v) is 5.14. The van der Waals surface area contributed by atoms with E-state index in [-0.39, 0.29) is 5.56 Å². The van der Waals surface area contributed by atoms with Gasteiger partial charge < -0.3 is 15.4 Å². The Labute approximate surface area is 177 Å². The van der Waals surface area contributed by atoms with Gasteiger partial charge in [-0.2, -0.15) is 5.10 Å². The first kappa shape index (κ1) is 19.0. The molecule has 0 aliphatic carbocycles. The van der Waals surface area contributed by atoms with Crippen LogP contribution in [0.15, 0.2) is 65.8 Å². The van der Waals surface area contributed by atoms with Crippen LogP contribution in [0.3, 0.4) is 0 Å². The van der Waals surface area contributed by atoms with Crippen LogP contribution in [0.25, 0.3) is 32.9 Å². The molecule has 154 valence electrons. The second-order valence-corrected chi connectivity index (χ2v) is 7.92. The highest BCUT2D eigenvalue weighted by Crippen LogP contribution is 2.29. The van der Waals surface area contributed by atoms with Gasteiger partial charge in [0.15, 0.2) is 0 Å². The number of rotatable bonds is 4. The van der Waals surface area contributed by atoms with Crippen molar-refractivity contribution in [2.24, 2.45) is 0 Å². The van der Waals surface area contributed by atoms with Crippen molar-refractivity contribution in [3.8, 4) is 11.3 Å². The van der Waals surface area contributed by atoms with Crippen LogP contribution in [0.5, 0.6) is 0 Å². The van der Waals surface area contributed by atoms with E-state index in [9.17, 15) is 9.90 Å². The van der Waals surface area contributed by atoms with Gasteiger partial charge in [-0.05, 0) is 61.7 Å². The second-order valence-electron chi connectivity index (χ2n) is 7.92. The van der Waals surface area contributed by atoms with E-state index in [2.05, 4.69) is 25.5 Å². The van der Waals surface area contributed by atoms with E-state index in [0.717, 1.165) is 27.5 Å². The molecule has 1 aromatic carbocycles.